The van der Waals surface area contributed by atoms with Crippen LogP contribution in [0.5, 0.6) is 0 Å². The zero-order valence-corrected chi connectivity index (χ0v) is 9.70. The van der Waals surface area contributed by atoms with E-state index in [1.54, 1.807) is 11.3 Å². The highest BCUT2D eigenvalue weighted by Gasteiger charge is 2.06. The van der Waals surface area contributed by atoms with Crippen molar-refractivity contribution in [2.24, 2.45) is 0 Å². The lowest BCUT2D eigenvalue weighted by atomic mass is 10.2. The molecule has 0 bridgehead atoms. The Morgan fingerprint density at radius 1 is 1.42 bits per heavy atom. The number of rotatable bonds is 0. The summed E-state index contributed by atoms with van der Waals surface area (Å²) in [5.74, 6) is 0. The lowest BCUT2D eigenvalue weighted by molar-refractivity contribution is 1.78. The SMILES string of the molecule is Nc1csc2c(I)c(Cl)ccc12. The normalized spacial score (nSPS) is 10.8. The molecule has 0 aliphatic carbocycles. The minimum atomic E-state index is 0.796. The molecule has 62 valence electrons. The molecule has 4 heteroatoms. The van der Waals surface area contributed by atoms with Crippen molar-refractivity contribution in [3.05, 3.63) is 26.1 Å². The van der Waals surface area contributed by atoms with Crippen molar-refractivity contribution < 1.29 is 0 Å². The smallest absolute Gasteiger partial charge is 0.0554 e. The van der Waals surface area contributed by atoms with Crippen LogP contribution in [0.3, 0.4) is 0 Å². The van der Waals surface area contributed by atoms with E-state index in [1.807, 2.05) is 17.5 Å². The Balaban J connectivity index is 2.93. The minimum absolute atomic E-state index is 0.796. The first kappa shape index (κ1) is 8.59. The molecule has 0 atom stereocenters. The maximum Gasteiger partial charge on any atom is 0.0554 e. The second kappa shape index (κ2) is 3.05. The van der Waals surface area contributed by atoms with E-state index in [0.717, 1.165) is 19.7 Å². The fraction of sp³-hybridized carbons (Fsp3) is 0. The quantitative estimate of drug-likeness (QED) is 0.737. The lowest BCUT2D eigenvalue weighted by Crippen LogP contribution is -1.81. The molecule has 0 spiro atoms. The molecule has 0 unspecified atom stereocenters. The van der Waals surface area contributed by atoms with Crippen LogP contribution >= 0.6 is 45.5 Å². The summed E-state index contributed by atoms with van der Waals surface area (Å²) in [5.41, 5.74) is 6.60. The number of hydrogen-bond donors (Lipinski definition) is 1. The number of hydrogen-bond acceptors (Lipinski definition) is 2. The molecule has 0 fully saturated rings. The van der Waals surface area contributed by atoms with E-state index < -0.39 is 0 Å². The van der Waals surface area contributed by atoms with Crippen LogP contribution in [0, 0.1) is 3.57 Å². The zero-order valence-electron chi connectivity index (χ0n) is 5.97. The van der Waals surface area contributed by atoms with Crippen LogP contribution in [0.25, 0.3) is 10.1 Å². The third-order valence-electron chi connectivity index (χ3n) is 1.66. The van der Waals surface area contributed by atoms with E-state index in [0.29, 0.717) is 0 Å². The molecular weight excluding hydrogens is 305 g/mol. The monoisotopic (exact) mass is 309 g/mol. The fourth-order valence-corrected chi connectivity index (χ4v) is 3.02. The van der Waals surface area contributed by atoms with Gasteiger partial charge in [-0.1, -0.05) is 11.6 Å². The van der Waals surface area contributed by atoms with Crippen molar-refractivity contribution in [3.63, 3.8) is 0 Å². The number of benzene rings is 1. The molecule has 2 rings (SSSR count). The van der Waals surface area contributed by atoms with Gasteiger partial charge in [-0.15, -0.1) is 11.3 Å². The standard InChI is InChI=1S/C8H5ClINS/c9-5-2-1-4-6(11)3-12-8(4)7(5)10/h1-3H,11H2. The molecule has 0 amide bonds. The van der Waals surface area contributed by atoms with Gasteiger partial charge in [0.25, 0.3) is 0 Å². The van der Waals surface area contributed by atoms with Gasteiger partial charge >= 0.3 is 0 Å². The highest BCUT2D eigenvalue weighted by atomic mass is 127. The van der Waals surface area contributed by atoms with Crippen LogP contribution in [-0.2, 0) is 0 Å². The molecule has 1 aromatic carbocycles. The van der Waals surface area contributed by atoms with Crippen LogP contribution in [-0.4, -0.2) is 0 Å². The second-order valence-electron chi connectivity index (χ2n) is 2.43. The topological polar surface area (TPSA) is 26.0 Å². The summed E-state index contributed by atoms with van der Waals surface area (Å²) in [6.07, 6.45) is 0. The van der Waals surface area contributed by atoms with Gasteiger partial charge in [0.05, 0.1) is 15.4 Å². The summed E-state index contributed by atoms with van der Waals surface area (Å²) in [6, 6.07) is 3.85. The number of thiophene rings is 1. The number of nitrogen functional groups attached to an aromatic ring is 1. The van der Waals surface area contributed by atoms with Gasteiger partial charge in [-0.3, -0.25) is 0 Å². The summed E-state index contributed by atoms with van der Waals surface area (Å²) >= 11 is 9.83. The summed E-state index contributed by atoms with van der Waals surface area (Å²) in [5, 5.41) is 3.85. The molecule has 2 aromatic rings. The summed E-state index contributed by atoms with van der Waals surface area (Å²) < 4.78 is 2.27. The molecule has 2 N–H and O–H groups in total. The first-order valence-electron chi connectivity index (χ1n) is 3.31. The highest BCUT2D eigenvalue weighted by Crippen LogP contribution is 2.35. The average molecular weight is 310 g/mol. The Kier molecular flexibility index (Phi) is 2.18. The molecule has 12 heavy (non-hydrogen) atoms. The van der Waals surface area contributed by atoms with Crippen molar-refractivity contribution in [1.29, 1.82) is 0 Å². The Labute approximate surface area is 92.7 Å². The molecule has 0 radical (unpaired) electrons. The van der Waals surface area contributed by atoms with Crippen molar-refractivity contribution in [1.82, 2.24) is 0 Å². The van der Waals surface area contributed by atoms with E-state index in [-0.39, 0.29) is 0 Å². The molecule has 1 nitrogen and oxygen atoms in total. The Morgan fingerprint density at radius 2 is 2.17 bits per heavy atom. The summed E-state index contributed by atoms with van der Waals surface area (Å²) in [4.78, 5) is 0. The van der Waals surface area contributed by atoms with Gasteiger partial charge in [0.15, 0.2) is 0 Å². The largest absolute Gasteiger partial charge is 0.398 e. The molecule has 0 saturated heterocycles. The van der Waals surface area contributed by atoms with E-state index in [1.165, 1.54) is 4.70 Å². The number of anilines is 1. The van der Waals surface area contributed by atoms with E-state index in [9.17, 15) is 0 Å². The van der Waals surface area contributed by atoms with Gasteiger partial charge in [0, 0.05) is 14.3 Å². The number of fused-ring (bicyclic) bond motifs is 1. The zero-order chi connectivity index (χ0) is 8.72. The van der Waals surface area contributed by atoms with Gasteiger partial charge < -0.3 is 5.73 Å². The van der Waals surface area contributed by atoms with Crippen molar-refractivity contribution >= 4 is 61.3 Å². The average Bonchev–Trinajstić information content (AvgIpc) is 2.41. The van der Waals surface area contributed by atoms with E-state index >= 15 is 0 Å². The Morgan fingerprint density at radius 3 is 2.92 bits per heavy atom. The molecule has 0 aliphatic rings. The predicted molar refractivity (Wildman–Crippen MR) is 64.0 cm³/mol. The van der Waals surface area contributed by atoms with Gasteiger partial charge in [-0.2, -0.15) is 0 Å². The van der Waals surface area contributed by atoms with Crippen molar-refractivity contribution in [2.45, 2.75) is 0 Å². The molecule has 0 saturated carbocycles. The maximum atomic E-state index is 5.96. The van der Waals surface area contributed by atoms with Gasteiger partial charge in [0.1, 0.15) is 0 Å². The lowest BCUT2D eigenvalue weighted by Gasteiger charge is -1.96. The summed E-state index contributed by atoms with van der Waals surface area (Å²) in [7, 11) is 0. The molecule has 1 aromatic heterocycles. The van der Waals surface area contributed by atoms with Crippen LogP contribution in [0.4, 0.5) is 5.69 Å². The van der Waals surface area contributed by atoms with Crippen LogP contribution in [0.2, 0.25) is 5.02 Å². The Bertz CT molecular complexity index is 438. The first-order chi connectivity index (χ1) is 5.70. The van der Waals surface area contributed by atoms with E-state index in [2.05, 4.69) is 22.6 Å². The number of halogens is 2. The third-order valence-corrected chi connectivity index (χ3v) is 4.82. The van der Waals surface area contributed by atoms with Crippen LogP contribution < -0.4 is 5.73 Å². The van der Waals surface area contributed by atoms with Gasteiger partial charge in [-0.25, -0.2) is 0 Å². The molecule has 0 aliphatic heterocycles. The Hall–Kier alpha value is -0.0000000000000000555. The highest BCUT2D eigenvalue weighted by molar-refractivity contribution is 14.1. The summed E-state index contributed by atoms with van der Waals surface area (Å²) in [6.45, 7) is 0. The van der Waals surface area contributed by atoms with Crippen molar-refractivity contribution in [3.8, 4) is 0 Å². The first-order valence-corrected chi connectivity index (χ1v) is 5.64. The van der Waals surface area contributed by atoms with Crippen molar-refractivity contribution in [2.75, 3.05) is 5.73 Å². The second-order valence-corrected chi connectivity index (χ2v) is 4.79. The third kappa shape index (κ3) is 1.20. The molecular formula is C8H5ClINS. The fourth-order valence-electron chi connectivity index (χ4n) is 1.06. The van der Waals surface area contributed by atoms with Gasteiger partial charge in [0.2, 0.25) is 0 Å². The van der Waals surface area contributed by atoms with E-state index in [4.69, 9.17) is 17.3 Å². The van der Waals surface area contributed by atoms with Gasteiger partial charge in [-0.05, 0) is 34.7 Å². The maximum absolute atomic E-state index is 5.96. The van der Waals surface area contributed by atoms with Crippen LogP contribution in [0.1, 0.15) is 0 Å². The number of nitrogens with two attached hydrogens (primary N) is 1. The minimum Gasteiger partial charge on any atom is -0.398 e. The predicted octanol–water partition coefficient (Wildman–Crippen LogP) is 3.74. The van der Waals surface area contributed by atoms with Crippen LogP contribution in [0.15, 0.2) is 17.5 Å². The molecule has 1 heterocycles.